The molecule has 26 heavy (non-hydrogen) atoms. The van der Waals surface area contributed by atoms with E-state index in [-0.39, 0.29) is 5.91 Å². The van der Waals surface area contributed by atoms with Crippen LogP contribution < -0.4 is 5.32 Å². The molecule has 0 bridgehead atoms. The van der Waals surface area contributed by atoms with E-state index in [0.29, 0.717) is 13.1 Å². The topological polar surface area (TPSA) is 32.3 Å². The minimum Gasteiger partial charge on any atom is -0.351 e. The van der Waals surface area contributed by atoms with Gasteiger partial charge >= 0.3 is 0 Å². The van der Waals surface area contributed by atoms with Gasteiger partial charge in [0.1, 0.15) is 0 Å². The number of carbonyl (C=O) groups is 1. The van der Waals surface area contributed by atoms with Gasteiger partial charge in [-0.15, -0.1) is 0 Å². The van der Waals surface area contributed by atoms with E-state index in [0.717, 1.165) is 18.7 Å². The summed E-state index contributed by atoms with van der Waals surface area (Å²) in [6, 6.07) is 30.5. The molecule has 3 aromatic rings. The van der Waals surface area contributed by atoms with Crippen LogP contribution in [-0.4, -0.2) is 17.4 Å². The molecule has 0 unspecified atom stereocenters. The molecule has 0 radical (unpaired) electrons. The fourth-order valence-corrected chi connectivity index (χ4v) is 2.91. The summed E-state index contributed by atoms with van der Waals surface area (Å²) >= 11 is 0. The Balaban J connectivity index is 1.61. The average Bonchev–Trinajstić information content (AvgIpc) is 2.69. The third-order valence-corrected chi connectivity index (χ3v) is 4.20. The molecule has 0 saturated carbocycles. The number of nitrogens with one attached hydrogen (secondary N) is 1. The smallest absolute Gasteiger partial charge is 0.234 e. The molecule has 3 aromatic carbocycles. The van der Waals surface area contributed by atoms with Crippen molar-refractivity contribution in [2.24, 2.45) is 0 Å². The normalized spacial score (nSPS) is 10.7. The summed E-state index contributed by atoms with van der Waals surface area (Å²) in [5.74, 6) is 0.0423. The van der Waals surface area contributed by atoms with Crippen molar-refractivity contribution in [1.29, 1.82) is 0 Å². The van der Waals surface area contributed by atoms with E-state index in [9.17, 15) is 4.79 Å². The molecular formula is C23H24N2O. The first-order valence-electron chi connectivity index (χ1n) is 8.90. The number of rotatable bonds is 8. The zero-order valence-corrected chi connectivity index (χ0v) is 14.8. The van der Waals surface area contributed by atoms with Crippen molar-refractivity contribution in [1.82, 2.24) is 10.2 Å². The summed E-state index contributed by atoms with van der Waals surface area (Å²) < 4.78 is 0. The number of carbonyl (C=O) groups excluding carboxylic acids is 1. The van der Waals surface area contributed by atoms with Crippen LogP contribution in [0.3, 0.4) is 0 Å². The van der Waals surface area contributed by atoms with Gasteiger partial charge in [-0.05, 0) is 16.7 Å². The summed E-state index contributed by atoms with van der Waals surface area (Å²) in [5, 5.41) is 3.02. The van der Waals surface area contributed by atoms with E-state index in [1.807, 2.05) is 66.7 Å². The van der Waals surface area contributed by atoms with Gasteiger partial charge < -0.3 is 5.32 Å². The molecule has 1 N–H and O–H groups in total. The molecule has 0 aliphatic rings. The van der Waals surface area contributed by atoms with Crippen LogP contribution >= 0.6 is 0 Å². The number of hydrogen-bond donors (Lipinski definition) is 1. The highest BCUT2D eigenvalue weighted by atomic mass is 16.2. The van der Waals surface area contributed by atoms with E-state index in [4.69, 9.17) is 0 Å². The molecule has 3 rings (SSSR count). The molecule has 0 aromatic heterocycles. The first-order valence-corrected chi connectivity index (χ1v) is 8.90. The monoisotopic (exact) mass is 344 g/mol. The van der Waals surface area contributed by atoms with Crippen molar-refractivity contribution in [3.8, 4) is 0 Å². The van der Waals surface area contributed by atoms with Crippen molar-refractivity contribution in [2.75, 3.05) is 6.54 Å². The van der Waals surface area contributed by atoms with Crippen LogP contribution in [-0.2, 0) is 24.4 Å². The largest absolute Gasteiger partial charge is 0.351 e. The van der Waals surface area contributed by atoms with Crippen LogP contribution in [0.1, 0.15) is 16.7 Å². The van der Waals surface area contributed by atoms with Gasteiger partial charge in [0.25, 0.3) is 0 Å². The molecule has 0 spiro atoms. The molecule has 0 aliphatic carbocycles. The fraction of sp³-hybridized carbons (Fsp3) is 0.174. The van der Waals surface area contributed by atoms with Gasteiger partial charge in [0, 0.05) is 19.6 Å². The third-order valence-electron chi connectivity index (χ3n) is 4.20. The zero-order valence-electron chi connectivity index (χ0n) is 14.8. The Kier molecular flexibility index (Phi) is 6.57. The minimum absolute atomic E-state index is 0.0423. The molecule has 0 saturated heterocycles. The predicted octanol–water partition coefficient (Wildman–Crippen LogP) is 4.01. The second kappa shape index (κ2) is 9.54. The van der Waals surface area contributed by atoms with E-state index in [1.54, 1.807) is 0 Å². The third kappa shape index (κ3) is 5.87. The Hall–Kier alpha value is -2.91. The molecule has 0 fully saturated rings. The molecule has 0 aliphatic heterocycles. The van der Waals surface area contributed by atoms with Gasteiger partial charge in [0.05, 0.1) is 6.54 Å². The van der Waals surface area contributed by atoms with Crippen molar-refractivity contribution in [2.45, 2.75) is 19.6 Å². The van der Waals surface area contributed by atoms with Crippen LogP contribution in [0.25, 0.3) is 0 Å². The highest BCUT2D eigenvalue weighted by Gasteiger charge is 2.12. The molecule has 1 amide bonds. The lowest BCUT2D eigenvalue weighted by atomic mass is 10.1. The van der Waals surface area contributed by atoms with E-state index >= 15 is 0 Å². The first kappa shape index (κ1) is 17.9. The second-order valence-corrected chi connectivity index (χ2v) is 6.38. The van der Waals surface area contributed by atoms with Gasteiger partial charge in [0.2, 0.25) is 5.91 Å². The Morgan fingerprint density at radius 2 is 1.08 bits per heavy atom. The number of benzene rings is 3. The van der Waals surface area contributed by atoms with Crippen molar-refractivity contribution >= 4 is 5.91 Å². The van der Waals surface area contributed by atoms with Crippen molar-refractivity contribution < 1.29 is 4.79 Å². The Morgan fingerprint density at radius 3 is 1.54 bits per heavy atom. The molecule has 0 atom stereocenters. The van der Waals surface area contributed by atoms with Crippen LogP contribution in [0.4, 0.5) is 0 Å². The average molecular weight is 344 g/mol. The highest BCUT2D eigenvalue weighted by molar-refractivity contribution is 5.78. The Morgan fingerprint density at radius 1 is 0.654 bits per heavy atom. The molecule has 3 nitrogen and oxygen atoms in total. The Labute approximate surface area is 155 Å². The van der Waals surface area contributed by atoms with Crippen LogP contribution in [0.5, 0.6) is 0 Å². The first-order chi connectivity index (χ1) is 12.8. The number of hydrogen-bond acceptors (Lipinski definition) is 2. The predicted molar refractivity (Wildman–Crippen MR) is 105 cm³/mol. The lowest BCUT2D eigenvalue weighted by Gasteiger charge is -2.22. The van der Waals surface area contributed by atoms with E-state index in [1.165, 1.54) is 11.1 Å². The maximum absolute atomic E-state index is 12.5. The van der Waals surface area contributed by atoms with E-state index < -0.39 is 0 Å². The van der Waals surface area contributed by atoms with E-state index in [2.05, 4.69) is 34.5 Å². The summed E-state index contributed by atoms with van der Waals surface area (Å²) in [6.45, 7) is 2.42. The highest BCUT2D eigenvalue weighted by Crippen LogP contribution is 2.10. The minimum atomic E-state index is 0.0423. The maximum Gasteiger partial charge on any atom is 0.234 e. The lowest BCUT2D eigenvalue weighted by Crippen LogP contribution is -2.36. The summed E-state index contributed by atoms with van der Waals surface area (Å²) in [6.07, 6.45) is 0. The summed E-state index contributed by atoms with van der Waals surface area (Å²) in [7, 11) is 0. The molecule has 3 heteroatoms. The second-order valence-electron chi connectivity index (χ2n) is 6.38. The quantitative estimate of drug-likeness (QED) is 0.670. The van der Waals surface area contributed by atoms with Crippen LogP contribution in [0.15, 0.2) is 91.0 Å². The van der Waals surface area contributed by atoms with Crippen molar-refractivity contribution in [3.05, 3.63) is 108 Å². The fourth-order valence-electron chi connectivity index (χ4n) is 2.91. The Bertz CT molecular complexity index is 747. The van der Waals surface area contributed by atoms with Crippen LogP contribution in [0, 0.1) is 0 Å². The number of amides is 1. The molecule has 132 valence electrons. The summed E-state index contributed by atoms with van der Waals surface area (Å²) in [5.41, 5.74) is 3.53. The van der Waals surface area contributed by atoms with Crippen LogP contribution in [0.2, 0.25) is 0 Å². The maximum atomic E-state index is 12.5. The SMILES string of the molecule is O=C(CN(Cc1ccccc1)Cc1ccccc1)NCc1ccccc1. The summed E-state index contributed by atoms with van der Waals surface area (Å²) in [4.78, 5) is 14.6. The van der Waals surface area contributed by atoms with Gasteiger partial charge in [-0.3, -0.25) is 9.69 Å². The van der Waals surface area contributed by atoms with Gasteiger partial charge in [-0.1, -0.05) is 91.0 Å². The molecule has 0 heterocycles. The van der Waals surface area contributed by atoms with Crippen molar-refractivity contribution in [3.63, 3.8) is 0 Å². The van der Waals surface area contributed by atoms with Gasteiger partial charge in [-0.2, -0.15) is 0 Å². The lowest BCUT2D eigenvalue weighted by molar-refractivity contribution is -0.122. The van der Waals surface area contributed by atoms with Gasteiger partial charge in [0.15, 0.2) is 0 Å². The van der Waals surface area contributed by atoms with Gasteiger partial charge in [-0.25, -0.2) is 0 Å². The number of nitrogens with zero attached hydrogens (tertiary/aromatic N) is 1. The zero-order chi connectivity index (χ0) is 18.0. The standard InChI is InChI=1S/C23H24N2O/c26-23(24-16-20-10-4-1-5-11-20)19-25(17-21-12-6-2-7-13-21)18-22-14-8-3-9-15-22/h1-15H,16-19H2,(H,24,26). The molecular weight excluding hydrogens is 320 g/mol.